The van der Waals surface area contributed by atoms with Gasteiger partial charge in [-0.2, -0.15) is 13.2 Å². The van der Waals surface area contributed by atoms with E-state index in [0.29, 0.717) is 13.0 Å². The lowest BCUT2D eigenvalue weighted by atomic mass is 9.96. The molecule has 1 amide bonds. The largest absolute Gasteiger partial charge is 0.393 e. The molecule has 0 radical (unpaired) electrons. The molecule has 0 bridgehead atoms. The van der Waals surface area contributed by atoms with Crippen molar-refractivity contribution in [3.05, 3.63) is 0 Å². The summed E-state index contributed by atoms with van der Waals surface area (Å²) in [5.74, 6) is -1.50. The molecular weight excluding hydrogens is 245 g/mol. The molecule has 18 heavy (non-hydrogen) atoms. The van der Waals surface area contributed by atoms with Crippen molar-refractivity contribution in [2.75, 3.05) is 19.6 Å². The molecule has 2 aliphatic heterocycles. The number of nitrogens with one attached hydrogen (secondary N) is 1. The van der Waals surface area contributed by atoms with Crippen molar-refractivity contribution < 1.29 is 18.0 Å². The molecule has 2 aliphatic rings. The standard InChI is InChI=1S/C12H19F3N2O/c13-12(14,15)9-4-3-7-17(8-9)11(18)10-5-1-2-6-16-10/h9-10,16H,1-8H2/t9-,10-/m1/s1. The van der Waals surface area contributed by atoms with Crippen molar-refractivity contribution >= 4 is 5.91 Å². The summed E-state index contributed by atoms with van der Waals surface area (Å²) in [6.45, 7) is 1.08. The van der Waals surface area contributed by atoms with Crippen molar-refractivity contribution in [3.63, 3.8) is 0 Å². The third-order valence-electron chi connectivity index (χ3n) is 3.80. The van der Waals surface area contributed by atoms with Crippen LogP contribution in [0.15, 0.2) is 0 Å². The lowest BCUT2D eigenvalue weighted by Crippen LogP contribution is -2.52. The summed E-state index contributed by atoms with van der Waals surface area (Å²) in [4.78, 5) is 13.5. The molecule has 6 heteroatoms. The highest BCUT2D eigenvalue weighted by molar-refractivity contribution is 5.82. The third kappa shape index (κ3) is 3.16. The highest BCUT2D eigenvalue weighted by atomic mass is 19.4. The maximum atomic E-state index is 12.7. The van der Waals surface area contributed by atoms with Crippen molar-refractivity contribution in [1.29, 1.82) is 0 Å². The monoisotopic (exact) mass is 264 g/mol. The van der Waals surface area contributed by atoms with Crippen LogP contribution in [0.25, 0.3) is 0 Å². The summed E-state index contributed by atoms with van der Waals surface area (Å²) in [5, 5.41) is 3.10. The maximum absolute atomic E-state index is 12.7. The Morgan fingerprint density at radius 3 is 2.56 bits per heavy atom. The molecule has 2 heterocycles. The maximum Gasteiger partial charge on any atom is 0.393 e. The second-order valence-corrected chi connectivity index (χ2v) is 5.17. The zero-order valence-electron chi connectivity index (χ0n) is 10.3. The van der Waals surface area contributed by atoms with Crippen LogP contribution in [0, 0.1) is 5.92 Å². The first-order chi connectivity index (χ1) is 8.48. The van der Waals surface area contributed by atoms with Crippen LogP contribution < -0.4 is 5.32 Å². The average molecular weight is 264 g/mol. The summed E-state index contributed by atoms with van der Waals surface area (Å²) in [7, 11) is 0. The molecule has 3 nitrogen and oxygen atoms in total. The van der Waals surface area contributed by atoms with E-state index in [-0.39, 0.29) is 24.9 Å². The molecule has 0 aliphatic carbocycles. The molecule has 0 aromatic rings. The van der Waals surface area contributed by atoms with Crippen molar-refractivity contribution in [2.24, 2.45) is 5.92 Å². The molecule has 0 aromatic carbocycles. The van der Waals surface area contributed by atoms with E-state index in [2.05, 4.69) is 5.32 Å². The van der Waals surface area contributed by atoms with Crippen LogP contribution in [0.5, 0.6) is 0 Å². The van der Waals surface area contributed by atoms with Gasteiger partial charge >= 0.3 is 6.18 Å². The Balaban J connectivity index is 1.93. The Labute approximate surface area is 105 Å². The van der Waals surface area contributed by atoms with Gasteiger partial charge in [-0.3, -0.25) is 4.79 Å². The van der Waals surface area contributed by atoms with E-state index >= 15 is 0 Å². The third-order valence-corrected chi connectivity index (χ3v) is 3.80. The van der Waals surface area contributed by atoms with Gasteiger partial charge in [-0.05, 0) is 32.2 Å². The van der Waals surface area contributed by atoms with Gasteiger partial charge in [-0.25, -0.2) is 0 Å². The predicted molar refractivity (Wildman–Crippen MR) is 61.0 cm³/mol. The summed E-state index contributed by atoms with van der Waals surface area (Å²) in [6.07, 6.45) is -0.839. The van der Waals surface area contributed by atoms with Crippen molar-refractivity contribution in [1.82, 2.24) is 10.2 Å². The van der Waals surface area contributed by atoms with Gasteiger partial charge in [0, 0.05) is 13.1 Å². The fourth-order valence-electron chi connectivity index (χ4n) is 2.73. The van der Waals surface area contributed by atoms with E-state index < -0.39 is 12.1 Å². The Morgan fingerprint density at radius 1 is 1.17 bits per heavy atom. The minimum atomic E-state index is -4.18. The summed E-state index contributed by atoms with van der Waals surface area (Å²) < 4.78 is 38.0. The van der Waals surface area contributed by atoms with Crippen LogP contribution in [-0.4, -0.2) is 42.7 Å². The number of nitrogens with zero attached hydrogens (tertiary/aromatic N) is 1. The number of halogens is 3. The number of likely N-dealkylation sites (tertiary alicyclic amines) is 1. The Bertz CT molecular complexity index is 300. The van der Waals surface area contributed by atoms with Gasteiger partial charge in [0.05, 0.1) is 12.0 Å². The molecule has 104 valence electrons. The van der Waals surface area contributed by atoms with Crippen LogP contribution in [0.2, 0.25) is 0 Å². The highest BCUT2D eigenvalue weighted by Crippen LogP contribution is 2.33. The number of piperidine rings is 2. The summed E-state index contributed by atoms with van der Waals surface area (Å²) in [5.41, 5.74) is 0. The van der Waals surface area contributed by atoms with Gasteiger partial charge in [0.2, 0.25) is 5.91 Å². The summed E-state index contributed by atoms with van der Waals surface area (Å²) >= 11 is 0. The molecule has 0 unspecified atom stereocenters. The Morgan fingerprint density at radius 2 is 1.94 bits per heavy atom. The Kier molecular flexibility index (Phi) is 4.14. The quantitative estimate of drug-likeness (QED) is 0.785. The van der Waals surface area contributed by atoms with E-state index in [1.54, 1.807) is 0 Å². The lowest BCUT2D eigenvalue weighted by Gasteiger charge is -2.36. The fraction of sp³-hybridized carbons (Fsp3) is 0.917. The number of carbonyl (C=O) groups is 1. The Hall–Kier alpha value is -0.780. The second-order valence-electron chi connectivity index (χ2n) is 5.17. The smallest absolute Gasteiger partial charge is 0.341 e. The number of hydrogen-bond acceptors (Lipinski definition) is 2. The molecule has 1 N–H and O–H groups in total. The van der Waals surface area contributed by atoms with Gasteiger partial charge in [0.25, 0.3) is 0 Å². The van der Waals surface area contributed by atoms with Crippen LogP contribution in [0.1, 0.15) is 32.1 Å². The van der Waals surface area contributed by atoms with E-state index in [4.69, 9.17) is 0 Å². The van der Waals surface area contributed by atoms with Crippen molar-refractivity contribution in [2.45, 2.75) is 44.3 Å². The molecule has 2 rings (SSSR count). The van der Waals surface area contributed by atoms with Crippen LogP contribution >= 0.6 is 0 Å². The van der Waals surface area contributed by atoms with Gasteiger partial charge in [0.15, 0.2) is 0 Å². The van der Waals surface area contributed by atoms with Crippen molar-refractivity contribution in [3.8, 4) is 0 Å². The van der Waals surface area contributed by atoms with Gasteiger partial charge in [-0.15, -0.1) is 0 Å². The first kappa shape index (κ1) is 13.6. The molecule has 0 aromatic heterocycles. The second kappa shape index (κ2) is 5.47. The number of amides is 1. The zero-order valence-corrected chi connectivity index (χ0v) is 10.3. The van der Waals surface area contributed by atoms with Crippen LogP contribution in [-0.2, 0) is 4.79 Å². The van der Waals surface area contributed by atoms with Crippen LogP contribution in [0.3, 0.4) is 0 Å². The molecule has 0 saturated carbocycles. The fourth-order valence-corrected chi connectivity index (χ4v) is 2.73. The lowest BCUT2D eigenvalue weighted by molar-refractivity contribution is -0.188. The SMILES string of the molecule is O=C([C@H]1CCCCN1)N1CCC[C@@H](C(F)(F)F)C1. The minimum absolute atomic E-state index is 0.144. The van der Waals surface area contributed by atoms with E-state index in [0.717, 1.165) is 25.8 Å². The predicted octanol–water partition coefficient (Wildman–Crippen LogP) is 1.93. The van der Waals surface area contributed by atoms with E-state index in [1.807, 2.05) is 0 Å². The first-order valence-corrected chi connectivity index (χ1v) is 6.57. The zero-order chi connectivity index (χ0) is 13.2. The summed E-state index contributed by atoms with van der Waals surface area (Å²) in [6, 6.07) is -0.272. The number of carbonyl (C=O) groups excluding carboxylic acids is 1. The average Bonchev–Trinajstić information content (AvgIpc) is 2.38. The molecule has 2 atom stereocenters. The molecule has 0 spiro atoms. The van der Waals surface area contributed by atoms with E-state index in [9.17, 15) is 18.0 Å². The minimum Gasteiger partial charge on any atom is -0.341 e. The molecular formula is C12H19F3N2O. The number of hydrogen-bond donors (Lipinski definition) is 1. The highest BCUT2D eigenvalue weighted by Gasteiger charge is 2.43. The van der Waals surface area contributed by atoms with E-state index in [1.165, 1.54) is 4.90 Å². The number of alkyl halides is 3. The van der Waals surface area contributed by atoms with Gasteiger partial charge in [0.1, 0.15) is 0 Å². The topological polar surface area (TPSA) is 32.3 Å². The van der Waals surface area contributed by atoms with Gasteiger partial charge in [-0.1, -0.05) is 6.42 Å². The number of rotatable bonds is 1. The van der Waals surface area contributed by atoms with Gasteiger partial charge < -0.3 is 10.2 Å². The van der Waals surface area contributed by atoms with Crippen LogP contribution in [0.4, 0.5) is 13.2 Å². The molecule has 2 fully saturated rings. The molecule has 2 saturated heterocycles. The first-order valence-electron chi connectivity index (χ1n) is 6.57. The normalized spacial score (nSPS) is 30.3.